The molecule has 3 N–H and O–H groups in total. The maximum Gasteiger partial charge on any atom is 0.312 e. The third kappa shape index (κ3) is 4.38. The minimum atomic E-state index is -3.02. The minimum Gasteiger partial charge on any atom is -0.336 e. The molecule has 4 rings (SSSR count). The number of anilines is 1. The van der Waals surface area contributed by atoms with Gasteiger partial charge in [-0.1, -0.05) is 5.21 Å². The molecule has 2 heterocycles. The molecule has 0 spiro atoms. The Hall–Kier alpha value is -3.03. The van der Waals surface area contributed by atoms with E-state index >= 15 is 0 Å². The number of carbonyl (C=O) groups excluding carboxylic acids is 3. The molecule has 1 saturated carbocycles. The molecule has 1 saturated heterocycles. The second-order valence-corrected chi connectivity index (χ2v) is 9.34. The number of alkyl halides is 2. The van der Waals surface area contributed by atoms with E-state index in [4.69, 9.17) is 0 Å². The number of hydrogen-bond donors (Lipinski definition) is 3. The van der Waals surface area contributed by atoms with Gasteiger partial charge in [0.15, 0.2) is 11.6 Å². The molecule has 2 fully saturated rings. The number of benzene rings is 1. The van der Waals surface area contributed by atoms with Gasteiger partial charge in [0.1, 0.15) is 5.69 Å². The number of carbonyl (C=O) groups is 3. The summed E-state index contributed by atoms with van der Waals surface area (Å²) in [5.41, 5.74) is -1.42. The minimum absolute atomic E-state index is 0.0194. The highest BCUT2D eigenvalue weighted by Crippen LogP contribution is 2.51. The molecule has 3 amide bonds. The molecule has 2 atom stereocenters. The van der Waals surface area contributed by atoms with Crippen molar-refractivity contribution in [2.75, 3.05) is 11.9 Å². The highest BCUT2D eigenvalue weighted by atomic mass is 79.9. The Bertz CT molecular complexity index is 1110. The first-order chi connectivity index (χ1) is 15.9. The van der Waals surface area contributed by atoms with Gasteiger partial charge in [-0.15, -0.1) is 5.10 Å². The number of hydrogen-bond acceptors (Lipinski definition) is 5. The number of rotatable bonds is 4. The fourth-order valence-corrected chi connectivity index (χ4v) is 4.88. The summed E-state index contributed by atoms with van der Waals surface area (Å²) in [6, 6.07) is 1.31. The van der Waals surface area contributed by atoms with Crippen molar-refractivity contribution in [2.45, 2.75) is 43.7 Å². The second-order valence-electron chi connectivity index (χ2n) is 8.48. The Kier molecular flexibility index (Phi) is 6.12. The van der Waals surface area contributed by atoms with Gasteiger partial charge in [-0.2, -0.15) is 0 Å². The summed E-state index contributed by atoms with van der Waals surface area (Å²) in [5.74, 6) is -8.62. The number of amides is 3. The van der Waals surface area contributed by atoms with Crippen LogP contribution in [0.5, 0.6) is 0 Å². The second kappa shape index (κ2) is 8.64. The Labute approximate surface area is 198 Å². The number of H-pyrrole nitrogens is 1. The molecule has 0 unspecified atom stereocenters. The highest BCUT2D eigenvalue weighted by molar-refractivity contribution is 9.10. The maximum absolute atomic E-state index is 13.6. The van der Waals surface area contributed by atoms with E-state index in [0.717, 1.165) is 6.07 Å². The van der Waals surface area contributed by atoms with E-state index in [1.165, 1.54) is 17.2 Å². The Morgan fingerprint density at radius 1 is 1.24 bits per heavy atom. The first kappa shape index (κ1) is 24.1. The van der Waals surface area contributed by atoms with Crippen LogP contribution >= 0.6 is 15.9 Å². The highest BCUT2D eigenvalue weighted by Gasteiger charge is 2.60. The Balaban J connectivity index is 1.42. The molecule has 34 heavy (non-hydrogen) atoms. The lowest BCUT2D eigenvalue weighted by Gasteiger charge is -2.46. The lowest BCUT2D eigenvalue weighted by Crippen LogP contribution is -2.62. The summed E-state index contributed by atoms with van der Waals surface area (Å²) in [5, 5.41) is 14.4. The Morgan fingerprint density at radius 2 is 1.94 bits per heavy atom. The van der Waals surface area contributed by atoms with Gasteiger partial charge in [0.05, 0.1) is 15.9 Å². The SMILES string of the molecule is C[C@H]1[C@@H](C(=O)Nc2cc(F)c(F)c(Br)c2)CCN1C(=O)C(=O)NC1(c2c[nH]nn2)CC(F)(F)C1. The van der Waals surface area contributed by atoms with Gasteiger partial charge in [-0.3, -0.25) is 19.5 Å². The third-order valence-electron chi connectivity index (χ3n) is 6.18. The topological polar surface area (TPSA) is 120 Å². The lowest BCUT2D eigenvalue weighted by atomic mass is 9.71. The third-order valence-corrected chi connectivity index (χ3v) is 6.76. The molecule has 0 radical (unpaired) electrons. The van der Waals surface area contributed by atoms with Crippen molar-refractivity contribution in [1.29, 1.82) is 0 Å². The monoisotopic (exact) mass is 546 g/mol. The average Bonchev–Trinajstić information content (AvgIpc) is 3.40. The Morgan fingerprint density at radius 3 is 2.53 bits per heavy atom. The van der Waals surface area contributed by atoms with Gasteiger partial charge in [0.2, 0.25) is 5.91 Å². The van der Waals surface area contributed by atoms with Gasteiger partial charge in [-0.25, -0.2) is 17.6 Å². The van der Waals surface area contributed by atoms with Gasteiger partial charge >= 0.3 is 11.8 Å². The molecular weight excluding hydrogens is 528 g/mol. The van der Waals surface area contributed by atoms with Crippen molar-refractivity contribution in [3.63, 3.8) is 0 Å². The van der Waals surface area contributed by atoms with Crippen LogP contribution in [-0.2, 0) is 19.9 Å². The standard InChI is InChI=1S/C20H19BrF4N6O3/c1-9-11(16(32)27-10-4-12(21)15(23)13(22)5-10)2-3-31(9)18(34)17(33)28-19(7-20(24,25)8-19)14-6-26-30-29-14/h4-6,9,11H,2-3,7-8H2,1H3,(H,27,32)(H,28,33)(H,26,29,30)/t9-,11-/m0/s1. The number of halogens is 5. The zero-order valence-corrected chi connectivity index (χ0v) is 19.3. The van der Waals surface area contributed by atoms with Crippen LogP contribution in [0.2, 0.25) is 0 Å². The van der Waals surface area contributed by atoms with Crippen molar-refractivity contribution in [2.24, 2.45) is 5.92 Å². The van der Waals surface area contributed by atoms with E-state index in [9.17, 15) is 31.9 Å². The van der Waals surface area contributed by atoms with Crippen LogP contribution in [0, 0.1) is 17.6 Å². The summed E-state index contributed by atoms with van der Waals surface area (Å²) >= 11 is 2.86. The molecule has 9 nitrogen and oxygen atoms in total. The zero-order chi connectivity index (χ0) is 24.8. The molecule has 2 aliphatic rings. The van der Waals surface area contributed by atoms with Crippen LogP contribution in [0.1, 0.15) is 31.9 Å². The van der Waals surface area contributed by atoms with Crippen molar-refractivity contribution in [3.8, 4) is 0 Å². The lowest BCUT2D eigenvalue weighted by molar-refractivity contribution is -0.160. The molecule has 14 heteroatoms. The van der Waals surface area contributed by atoms with E-state index in [1.807, 2.05) is 0 Å². The molecule has 1 aliphatic carbocycles. The number of nitrogens with zero attached hydrogens (tertiary/aromatic N) is 3. The van der Waals surface area contributed by atoms with Crippen LogP contribution in [0.25, 0.3) is 0 Å². The van der Waals surface area contributed by atoms with E-state index in [2.05, 4.69) is 42.0 Å². The van der Waals surface area contributed by atoms with Gasteiger partial charge in [-0.05, 0) is 35.3 Å². The van der Waals surface area contributed by atoms with Crippen molar-refractivity contribution >= 4 is 39.3 Å². The van der Waals surface area contributed by atoms with E-state index in [0.29, 0.717) is 0 Å². The van der Waals surface area contributed by atoms with Crippen LogP contribution in [0.15, 0.2) is 22.8 Å². The van der Waals surface area contributed by atoms with Crippen molar-refractivity contribution in [1.82, 2.24) is 25.6 Å². The number of aromatic amines is 1. The van der Waals surface area contributed by atoms with Crippen molar-refractivity contribution < 1.29 is 31.9 Å². The van der Waals surface area contributed by atoms with Crippen LogP contribution < -0.4 is 10.6 Å². The summed E-state index contributed by atoms with van der Waals surface area (Å²) in [4.78, 5) is 39.4. The smallest absolute Gasteiger partial charge is 0.312 e. The molecular formula is C20H19BrF4N6O3. The van der Waals surface area contributed by atoms with Gasteiger partial charge < -0.3 is 15.5 Å². The number of likely N-dealkylation sites (tertiary alicyclic amines) is 1. The van der Waals surface area contributed by atoms with Crippen molar-refractivity contribution in [3.05, 3.63) is 40.1 Å². The first-order valence-electron chi connectivity index (χ1n) is 10.3. The molecule has 182 valence electrons. The first-order valence-corrected chi connectivity index (χ1v) is 11.0. The molecule has 1 aliphatic heterocycles. The van der Waals surface area contributed by atoms with Gasteiger partial charge in [0.25, 0.3) is 5.92 Å². The van der Waals surface area contributed by atoms with E-state index in [1.54, 1.807) is 6.92 Å². The normalized spacial score (nSPS) is 22.7. The number of aromatic nitrogens is 3. The molecule has 2 aromatic rings. The maximum atomic E-state index is 13.6. The largest absolute Gasteiger partial charge is 0.336 e. The van der Waals surface area contributed by atoms with Crippen LogP contribution in [0.3, 0.4) is 0 Å². The predicted molar refractivity (Wildman–Crippen MR) is 112 cm³/mol. The van der Waals surface area contributed by atoms with E-state index < -0.39 is 65.6 Å². The summed E-state index contributed by atoms with van der Waals surface area (Å²) in [7, 11) is 0. The molecule has 0 bridgehead atoms. The molecule has 1 aromatic carbocycles. The van der Waals surface area contributed by atoms with E-state index in [-0.39, 0.29) is 28.8 Å². The quantitative estimate of drug-likeness (QED) is 0.309. The fourth-order valence-electron chi connectivity index (χ4n) is 4.44. The molecule has 1 aromatic heterocycles. The van der Waals surface area contributed by atoms with Crippen LogP contribution in [0.4, 0.5) is 23.2 Å². The zero-order valence-electron chi connectivity index (χ0n) is 17.7. The fraction of sp³-hybridized carbons (Fsp3) is 0.450. The summed E-state index contributed by atoms with van der Waals surface area (Å²) in [6.07, 6.45) is 0.0324. The summed E-state index contributed by atoms with van der Waals surface area (Å²) < 4.78 is 54.1. The predicted octanol–water partition coefficient (Wildman–Crippen LogP) is 2.46. The average molecular weight is 547 g/mol. The number of nitrogens with one attached hydrogen (secondary N) is 3. The summed E-state index contributed by atoms with van der Waals surface area (Å²) in [6.45, 7) is 1.63. The van der Waals surface area contributed by atoms with Crippen LogP contribution in [-0.4, -0.2) is 56.5 Å². The van der Waals surface area contributed by atoms with Gasteiger partial charge in [0, 0.05) is 43.4 Å².